The van der Waals surface area contributed by atoms with Crippen LogP contribution in [0.3, 0.4) is 0 Å². The molecule has 0 spiro atoms. The fourth-order valence-electron chi connectivity index (χ4n) is 1.13. The monoisotopic (exact) mass is 207 g/mol. The van der Waals surface area contributed by atoms with Crippen molar-refractivity contribution >= 4 is 31.2 Å². The molecule has 1 N–H and O–H groups in total. The van der Waals surface area contributed by atoms with E-state index >= 15 is 0 Å². The third-order valence-corrected chi connectivity index (χ3v) is 2.34. The van der Waals surface area contributed by atoms with Gasteiger partial charge in [0.1, 0.15) is 0 Å². The van der Waals surface area contributed by atoms with Gasteiger partial charge in [0.15, 0.2) is 0 Å². The lowest BCUT2D eigenvalue weighted by atomic mass is 10.0. The van der Waals surface area contributed by atoms with E-state index in [1.165, 1.54) is 0 Å². The average molecular weight is 207 g/mol. The number of carbonyl (C=O) groups is 1. The summed E-state index contributed by atoms with van der Waals surface area (Å²) in [5, 5.41) is 2.86. The Morgan fingerprint density at radius 2 is 1.75 bits per heavy atom. The third-order valence-electron chi connectivity index (χ3n) is 1.69. The first-order chi connectivity index (χ1) is 5.50. The van der Waals surface area contributed by atoms with Gasteiger partial charge in [0.2, 0.25) is 5.91 Å². The van der Waals surface area contributed by atoms with Crippen molar-refractivity contribution in [1.29, 1.82) is 0 Å². The molecule has 0 fully saturated rings. The standard InChI is InChI=1S/C8H17NOS2/c1-4-9-8(10)7(5(2)11)6(3)12/h5-7,11-12H,4H2,1-3H3,(H,9,10). The fourth-order valence-corrected chi connectivity index (χ4v) is 2.06. The molecule has 72 valence electrons. The molecule has 0 saturated heterocycles. The van der Waals surface area contributed by atoms with Crippen LogP contribution in [0.15, 0.2) is 0 Å². The maximum atomic E-state index is 11.4. The Kier molecular flexibility index (Phi) is 5.84. The Labute approximate surface area is 85.3 Å². The Morgan fingerprint density at radius 1 is 1.33 bits per heavy atom. The highest BCUT2D eigenvalue weighted by atomic mass is 32.1. The predicted octanol–water partition coefficient (Wildman–Crippen LogP) is 1.38. The highest BCUT2D eigenvalue weighted by Crippen LogP contribution is 2.18. The Balaban J connectivity index is 4.20. The number of nitrogens with one attached hydrogen (secondary N) is 1. The molecule has 2 nitrogen and oxygen atoms in total. The minimum absolute atomic E-state index is 0.0440. The Morgan fingerprint density at radius 3 is 2.00 bits per heavy atom. The Hall–Kier alpha value is 0.170. The zero-order valence-corrected chi connectivity index (χ0v) is 9.53. The lowest BCUT2D eigenvalue weighted by Crippen LogP contribution is -2.38. The molecular weight excluding hydrogens is 190 g/mol. The van der Waals surface area contributed by atoms with Crippen LogP contribution in [-0.4, -0.2) is 23.0 Å². The first-order valence-corrected chi connectivity index (χ1v) is 5.17. The molecular formula is C8H17NOS2. The van der Waals surface area contributed by atoms with Crippen LogP contribution in [0, 0.1) is 5.92 Å². The van der Waals surface area contributed by atoms with Gasteiger partial charge in [0, 0.05) is 17.0 Å². The van der Waals surface area contributed by atoms with Gasteiger partial charge < -0.3 is 5.32 Å². The molecule has 0 saturated carbocycles. The molecule has 0 aromatic carbocycles. The number of rotatable bonds is 4. The first-order valence-electron chi connectivity index (χ1n) is 4.14. The minimum Gasteiger partial charge on any atom is -0.356 e. The van der Waals surface area contributed by atoms with Gasteiger partial charge in [-0.05, 0) is 6.92 Å². The van der Waals surface area contributed by atoms with Crippen molar-refractivity contribution in [1.82, 2.24) is 5.32 Å². The molecule has 0 heterocycles. The summed E-state index contributed by atoms with van der Waals surface area (Å²) in [5.74, 6) is -0.0703. The lowest BCUT2D eigenvalue weighted by molar-refractivity contribution is -0.124. The molecule has 2 unspecified atom stereocenters. The van der Waals surface area contributed by atoms with Gasteiger partial charge in [0.05, 0.1) is 5.92 Å². The molecule has 4 heteroatoms. The van der Waals surface area contributed by atoms with Crippen molar-refractivity contribution in [2.24, 2.45) is 5.92 Å². The van der Waals surface area contributed by atoms with Gasteiger partial charge >= 0.3 is 0 Å². The first kappa shape index (κ1) is 12.2. The van der Waals surface area contributed by atoms with Gasteiger partial charge in [-0.2, -0.15) is 25.3 Å². The summed E-state index contributed by atoms with van der Waals surface area (Å²) in [5.41, 5.74) is 0. The summed E-state index contributed by atoms with van der Waals surface area (Å²) >= 11 is 8.51. The predicted molar refractivity (Wildman–Crippen MR) is 59.1 cm³/mol. The maximum Gasteiger partial charge on any atom is 0.225 e. The third kappa shape index (κ3) is 3.72. The second-order valence-corrected chi connectivity index (χ2v) is 4.53. The van der Waals surface area contributed by atoms with Crippen LogP contribution in [0.25, 0.3) is 0 Å². The molecule has 0 bridgehead atoms. The van der Waals surface area contributed by atoms with Gasteiger partial charge in [-0.3, -0.25) is 4.79 Å². The van der Waals surface area contributed by atoms with Crippen molar-refractivity contribution in [2.75, 3.05) is 6.54 Å². The van der Waals surface area contributed by atoms with E-state index in [0.717, 1.165) is 0 Å². The van der Waals surface area contributed by atoms with E-state index < -0.39 is 0 Å². The molecule has 0 aromatic rings. The molecule has 0 radical (unpaired) electrons. The van der Waals surface area contributed by atoms with Gasteiger partial charge in [-0.15, -0.1) is 0 Å². The molecule has 0 aliphatic carbocycles. The minimum atomic E-state index is -0.114. The molecule has 0 aliphatic rings. The van der Waals surface area contributed by atoms with E-state index in [-0.39, 0.29) is 22.3 Å². The molecule has 1 amide bonds. The number of amides is 1. The molecule has 2 atom stereocenters. The van der Waals surface area contributed by atoms with Crippen molar-refractivity contribution in [3.05, 3.63) is 0 Å². The van der Waals surface area contributed by atoms with E-state index in [2.05, 4.69) is 30.6 Å². The summed E-state index contributed by atoms with van der Waals surface area (Å²) in [6.07, 6.45) is 0. The summed E-state index contributed by atoms with van der Waals surface area (Å²) in [7, 11) is 0. The summed E-state index contributed by atoms with van der Waals surface area (Å²) in [4.78, 5) is 11.4. The fraction of sp³-hybridized carbons (Fsp3) is 0.875. The van der Waals surface area contributed by atoms with Gasteiger partial charge in [0.25, 0.3) is 0 Å². The van der Waals surface area contributed by atoms with Crippen LogP contribution in [0.4, 0.5) is 0 Å². The highest BCUT2D eigenvalue weighted by molar-refractivity contribution is 7.82. The molecule has 0 aliphatic heterocycles. The average Bonchev–Trinajstić information content (AvgIpc) is 1.85. The van der Waals surface area contributed by atoms with E-state index in [1.54, 1.807) is 0 Å². The van der Waals surface area contributed by atoms with E-state index in [4.69, 9.17) is 0 Å². The number of thiol groups is 2. The van der Waals surface area contributed by atoms with E-state index in [1.807, 2.05) is 20.8 Å². The second-order valence-electron chi connectivity index (χ2n) is 2.90. The van der Waals surface area contributed by atoms with Gasteiger partial charge in [-0.25, -0.2) is 0 Å². The second kappa shape index (κ2) is 5.75. The Bertz CT molecular complexity index is 140. The van der Waals surface area contributed by atoms with Gasteiger partial charge in [-0.1, -0.05) is 13.8 Å². The lowest BCUT2D eigenvalue weighted by Gasteiger charge is -2.21. The van der Waals surface area contributed by atoms with Crippen molar-refractivity contribution in [2.45, 2.75) is 31.3 Å². The van der Waals surface area contributed by atoms with Crippen molar-refractivity contribution < 1.29 is 4.79 Å². The van der Waals surface area contributed by atoms with Crippen molar-refractivity contribution in [3.8, 4) is 0 Å². The van der Waals surface area contributed by atoms with Crippen molar-refractivity contribution in [3.63, 3.8) is 0 Å². The number of carbonyl (C=O) groups excluding carboxylic acids is 1. The quantitative estimate of drug-likeness (QED) is 0.597. The van der Waals surface area contributed by atoms with E-state index in [0.29, 0.717) is 6.54 Å². The van der Waals surface area contributed by atoms with Crippen LogP contribution >= 0.6 is 25.3 Å². The van der Waals surface area contributed by atoms with Crippen LogP contribution < -0.4 is 5.32 Å². The van der Waals surface area contributed by atoms with Crippen LogP contribution in [0.1, 0.15) is 20.8 Å². The summed E-state index contributed by atoms with van der Waals surface area (Å²) in [6, 6.07) is 0. The molecule has 0 rings (SSSR count). The van der Waals surface area contributed by atoms with Crippen LogP contribution in [-0.2, 0) is 4.79 Å². The van der Waals surface area contributed by atoms with Crippen LogP contribution in [0.2, 0.25) is 0 Å². The highest BCUT2D eigenvalue weighted by Gasteiger charge is 2.25. The zero-order chi connectivity index (χ0) is 9.72. The normalized spacial score (nSPS) is 18.1. The summed E-state index contributed by atoms with van der Waals surface area (Å²) in [6.45, 7) is 6.39. The smallest absolute Gasteiger partial charge is 0.225 e. The topological polar surface area (TPSA) is 29.1 Å². The van der Waals surface area contributed by atoms with E-state index in [9.17, 15) is 4.79 Å². The molecule has 0 aromatic heterocycles. The number of hydrogen-bond acceptors (Lipinski definition) is 3. The largest absolute Gasteiger partial charge is 0.356 e. The number of hydrogen-bond donors (Lipinski definition) is 3. The zero-order valence-electron chi connectivity index (χ0n) is 7.74. The van der Waals surface area contributed by atoms with Crippen LogP contribution in [0.5, 0.6) is 0 Å². The SMILES string of the molecule is CCNC(=O)C(C(C)S)C(C)S. The summed E-state index contributed by atoms with van der Waals surface area (Å²) < 4.78 is 0. The molecule has 12 heavy (non-hydrogen) atoms. The maximum absolute atomic E-state index is 11.4.